The molecule has 0 aliphatic carbocycles. The first-order chi connectivity index (χ1) is 16.3. The van der Waals surface area contributed by atoms with Gasteiger partial charge >= 0.3 is 0 Å². The number of hydrogen-bond donors (Lipinski definition) is 0. The van der Waals surface area contributed by atoms with E-state index < -0.39 is 0 Å². The number of anilines is 3. The smallest absolute Gasteiger partial charge is 0.135 e. The molecule has 0 saturated carbocycles. The van der Waals surface area contributed by atoms with Gasteiger partial charge in [0.2, 0.25) is 0 Å². The maximum atomic E-state index is 6.08. The highest BCUT2D eigenvalue weighted by Crippen LogP contribution is 2.41. The van der Waals surface area contributed by atoms with Gasteiger partial charge in [-0.1, -0.05) is 54.6 Å². The van der Waals surface area contributed by atoms with E-state index in [-0.39, 0.29) is 0 Å². The highest BCUT2D eigenvalue weighted by Gasteiger charge is 2.16. The van der Waals surface area contributed by atoms with Crippen LogP contribution in [0.4, 0.5) is 17.1 Å². The second-order valence-electron chi connectivity index (χ2n) is 8.23. The van der Waals surface area contributed by atoms with E-state index >= 15 is 0 Å². The van der Waals surface area contributed by atoms with Crippen LogP contribution in [0.25, 0.3) is 42.1 Å². The van der Waals surface area contributed by atoms with E-state index in [1.54, 1.807) is 0 Å². The minimum atomic E-state index is 0.909. The van der Waals surface area contributed by atoms with E-state index in [0.717, 1.165) is 39.0 Å². The summed E-state index contributed by atoms with van der Waals surface area (Å²) in [5.41, 5.74) is 5.21. The minimum Gasteiger partial charge on any atom is -0.456 e. The van der Waals surface area contributed by atoms with Crippen molar-refractivity contribution in [1.82, 2.24) is 0 Å². The summed E-state index contributed by atoms with van der Waals surface area (Å²) in [7, 11) is 0. The SMILES string of the molecule is c1ccc(N(c2ccc3oc4ccccc4c3c2)c2ccc3sc4ccccc4c3c2)cc1. The van der Waals surface area contributed by atoms with Gasteiger partial charge in [-0.25, -0.2) is 0 Å². The molecule has 0 amide bonds. The van der Waals surface area contributed by atoms with Crippen LogP contribution in [0.1, 0.15) is 0 Å². The molecule has 0 aliphatic rings. The fourth-order valence-electron chi connectivity index (χ4n) is 4.73. The van der Waals surface area contributed by atoms with Crippen LogP contribution in [0.5, 0.6) is 0 Å². The van der Waals surface area contributed by atoms with Gasteiger partial charge in [0.05, 0.1) is 0 Å². The molecule has 2 heterocycles. The summed E-state index contributed by atoms with van der Waals surface area (Å²) in [6, 6.07) is 40.7. The maximum Gasteiger partial charge on any atom is 0.135 e. The molecule has 0 bridgehead atoms. The lowest BCUT2D eigenvalue weighted by Gasteiger charge is -2.25. The average Bonchev–Trinajstić information content (AvgIpc) is 3.43. The predicted octanol–water partition coefficient (Wildman–Crippen LogP) is 9.42. The molecule has 0 unspecified atom stereocenters. The largest absolute Gasteiger partial charge is 0.456 e. The van der Waals surface area contributed by atoms with Gasteiger partial charge in [-0.2, -0.15) is 0 Å². The highest BCUT2D eigenvalue weighted by atomic mass is 32.1. The van der Waals surface area contributed by atoms with E-state index in [1.165, 1.54) is 20.2 Å². The standard InChI is InChI=1S/C30H19NOS/c1-2-8-20(9-3-1)31(21-14-16-28-25(18-21)23-10-4-6-12-27(23)32-28)22-15-17-30-26(19-22)24-11-5-7-13-29(24)33-30/h1-19H. The van der Waals surface area contributed by atoms with E-state index in [2.05, 4.69) is 108 Å². The average molecular weight is 442 g/mol. The van der Waals surface area contributed by atoms with Crippen molar-refractivity contribution in [3.8, 4) is 0 Å². The van der Waals surface area contributed by atoms with Crippen molar-refractivity contribution in [2.45, 2.75) is 0 Å². The number of thiophene rings is 1. The lowest BCUT2D eigenvalue weighted by atomic mass is 10.1. The van der Waals surface area contributed by atoms with Crippen molar-refractivity contribution >= 4 is 70.5 Å². The molecule has 3 heteroatoms. The Morgan fingerprint density at radius 1 is 0.455 bits per heavy atom. The molecule has 2 aromatic heterocycles. The zero-order valence-electron chi connectivity index (χ0n) is 17.7. The second-order valence-corrected chi connectivity index (χ2v) is 9.31. The summed E-state index contributed by atoms with van der Waals surface area (Å²) in [6.45, 7) is 0. The Morgan fingerprint density at radius 3 is 1.97 bits per heavy atom. The van der Waals surface area contributed by atoms with Crippen LogP contribution in [0.3, 0.4) is 0 Å². The zero-order valence-corrected chi connectivity index (χ0v) is 18.5. The minimum absolute atomic E-state index is 0.909. The van der Waals surface area contributed by atoms with Crippen molar-refractivity contribution in [3.63, 3.8) is 0 Å². The third-order valence-electron chi connectivity index (χ3n) is 6.25. The maximum absolute atomic E-state index is 6.08. The Labute approximate surface area is 194 Å². The van der Waals surface area contributed by atoms with Gasteiger partial charge < -0.3 is 9.32 Å². The number of benzene rings is 5. The molecule has 0 aliphatic heterocycles. The first-order valence-corrected chi connectivity index (χ1v) is 11.8. The first kappa shape index (κ1) is 18.5. The van der Waals surface area contributed by atoms with Gasteiger partial charge in [0.1, 0.15) is 11.2 Å². The topological polar surface area (TPSA) is 16.4 Å². The molecule has 0 atom stereocenters. The summed E-state index contributed by atoms with van der Waals surface area (Å²) < 4.78 is 8.71. The van der Waals surface area contributed by atoms with Crippen LogP contribution < -0.4 is 4.90 Å². The van der Waals surface area contributed by atoms with Gasteiger partial charge in [-0.3, -0.25) is 0 Å². The number of para-hydroxylation sites is 2. The van der Waals surface area contributed by atoms with Gasteiger partial charge in [0.25, 0.3) is 0 Å². The number of nitrogens with zero attached hydrogens (tertiary/aromatic N) is 1. The summed E-state index contributed by atoms with van der Waals surface area (Å²) in [4.78, 5) is 2.33. The fourth-order valence-corrected chi connectivity index (χ4v) is 5.82. The molecule has 0 N–H and O–H groups in total. The van der Waals surface area contributed by atoms with Crippen molar-refractivity contribution in [1.29, 1.82) is 0 Å². The molecule has 156 valence electrons. The Bertz CT molecular complexity index is 1660. The van der Waals surface area contributed by atoms with Crippen LogP contribution in [-0.2, 0) is 0 Å². The van der Waals surface area contributed by atoms with Crippen LogP contribution in [0, 0.1) is 0 Å². The van der Waals surface area contributed by atoms with Crippen molar-refractivity contribution in [2.24, 2.45) is 0 Å². The molecular weight excluding hydrogens is 422 g/mol. The summed E-state index contributed by atoms with van der Waals surface area (Å²) in [6.07, 6.45) is 0. The van der Waals surface area contributed by atoms with Crippen molar-refractivity contribution in [2.75, 3.05) is 4.90 Å². The molecule has 0 saturated heterocycles. The van der Waals surface area contributed by atoms with E-state index in [4.69, 9.17) is 4.42 Å². The predicted molar refractivity (Wildman–Crippen MR) is 141 cm³/mol. The Kier molecular flexibility index (Phi) is 4.05. The normalized spacial score (nSPS) is 11.6. The van der Waals surface area contributed by atoms with Gasteiger partial charge in [0.15, 0.2) is 0 Å². The highest BCUT2D eigenvalue weighted by molar-refractivity contribution is 7.25. The second kappa shape index (κ2) is 7.22. The van der Waals surface area contributed by atoms with Crippen LogP contribution in [0.15, 0.2) is 120 Å². The van der Waals surface area contributed by atoms with E-state index in [1.807, 2.05) is 23.5 Å². The van der Waals surface area contributed by atoms with Gasteiger partial charge in [-0.15, -0.1) is 11.3 Å². The Balaban J connectivity index is 1.48. The molecule has 33 heavy (non-hydrogen) atoms. The first-order valence-electron chi connectivity index (χ1n) is 11.0. The van der Waals surface area contributed by atoms with Crippen molar-refractivity contribution < 1.29 is 4.42 Å². The van der Waals surface area contributed by atoms with Crippen LogP contribution >= 0.6 is 11.3 Å². The monoisotopic (exact) mass is 441 g/mol. The molecular formula is C30H19NOS. The lowest BCUT2D eigenvalue weighted by Crippen LogP contribution is -2.09. The number of fused-ring (bicyclic) bond motifs is 6. The number of rotatable bonds is 3. The molecule has 7 rings (SSSR count). The number of hydrogen-bond acceptors (Lipinski definition) is 3. The summed E-state index contributed by atoms with van der Waals surface area (Å²) >= 11 is 1.85. The van der Waals surface area contributed by atoms with Crippen molar-refractivity contribution in [3.05, 3.63) is 115 Å². The molecule has 2 nitrogen and oxygen atoms in total. The molecule has 0 radical (unpaired) electrons. The van der Waals surface area contributed by atoms with E-state index in [0.29, 0.717) is 0 Å². The molecule has 0 fully saturated rings. The van der Waals surface area contributed by atoms with E-state index in [9.17, 15) is 0 Å². The quantitative estimate of drug-likeness (QED) is 0.271. The zero-order chi connectivity index (χ0) is 21.8. The fraction of sp³-hybridized carbons (Fsp3) is 0. The van der Waals surface area contributed by atoms with Crippen LogP contribution in [0.2, 0.25) is 0 Å². The summed E-state index contributed by atoms with van der Waals surface area (Å²) in [5, 5.41) is 4.88. The lowest BCUT2D eigenvalue weighted by molar-refractivity contribution is 0.669. The molecule has 7 aromatic rings. The molecule has 0 spiro atoms. The number of furan rings is 1. The van der Waals surface area contributed by atoms with Gasteiger partial charge in [-0.05, 0) is 60.7 Å². The summed E-state index contributed by atoms with van der Waals surface area (Å²) in [5.74, 6) is 0. The third kappa shape index (κ3) is 2.94. The Morgan fingerprint density at radius 2 is 1.09 bits per heavy atom. The Hall–Kier alpha value is -4.08. The van der Waals surface area contributed by atoms with Crippen LogP contribution in [-0.4, -0.2) is 0 Å². The third-order valence-corrected chi connectivity index (χ3v) is 7.40. The van der Waals surface area contributed by atoms with Gasteiger partial charge in [0, 0.05) is 48.0 Å². The molecule has 5 aromatic carbocycles.